The van der Waals surface area contributed by atoms with E-state index in [4.69, 9.17) is 5.73 Å². The third-order valence-corrected chi connectivity index (χ3v) is 4.18. The molecule has 0 atom stereocenters. The van der Waals surface area contributed by atoms with Gasteiger partial charge in [0.25, 0.3) is 11.8 Å². The average molecular weight is 292 g/mol. The normalized spacial score (nSPS) is 10.6. The van der Waals surface area contributed by atoms with Crippen molar-refractivity contribution in [2.24, 2.45) is 5.73 Å². The van der Waals surface area contributed by atoms with Gasteiger partial charge in [-0.15, -0.1) is 11.3 Å². The SMILES string of the molecule is CCn1ccc(C(=O)Nc2sc(C)c(C)c2C(N)=O)n1. The molecule has 0 saturated carbocycles. The van der Waals surface area contributed by atoms with Crippen LogP contribution in [0.25, 0.3) is 0 Å². The van der Waals surface area contributed by atoms with E-state index in [9.17, 15) is 9.59 Å². The minimum absolute atomic E-state index is 0.311. The van der Waals surface area contributed by atoms with Crippen LogP contribution >= 0.6 is 11.3 Å². The maximum atomic E-state index is 12.1. The molecule has 0 unspecified atom stereocenters. The Hall–Kier alpha value is -2.15. The molecule has 2 aromatic heterocycles. The van der Waals surface area contributed by atoms with Crippen molar-refractivity contribution in [2.45, 2.75) is 27.3 Å². The van der Waals surface area contributed by atoms with Gasteiger partial charge in [-0.2, -0.15) is 5.10 Å². The second kappa shape index (κ2) is 5.46. The first-order valence-corrected chi connectivity index (χ1v) is 7.00. The molecule has 106 valence electrons. The number of carbonyl (C=O) groups excluding carboxylic acids is 2. The summed E-state index contributed by atoms with van der Waals surface area (Å²) in [6, 6.07) is 1.64. The third-order valence-electron chi connectivity index (χ3n) is 3.06. The molecular weight excluding hydrogens is 276 g/mol. The van der Waals surface area contributed by atoms with Crippen molar-refractivity contribution in [3.63, 3.8) is 0 Å². The van der Waals surface area contributed by atoms with Crippen LogP contribution in [0.1, 0.15) is 38.2 Å². The van der Waals surface area contributed by atoms with Gasteiger partial charge < -0.3 is 11.1 Å². The van der Waals surface area contributed by atoms with Gasteiger partial charge in [-0.1, -0.05) is 0 Å². The van der Waals surface area contributed by atoms with E-state index in [0.717, 1.165) is 10.4 Å². The number of hydrogen-bond donors (Lipinski definition) is 2. The van der Waals surface area contributed by atoms with Crippen LogP contribution in [-0.2, 0) is 6.54 Å². The molecule has 0 aliphatic carbocycles. The van der Waals surface area contributed by atoms with Gasteiger partial charge >= 0.3 is 0 Å². The summed E-state index contributed by atoms with van der Waals surface area (Å²) in [7, 11) is 0. The minimum Gasteiger partial charge on any atom is -0.365 e. The molecule has 6 nitrogen and oxygen atoms in total. The molecule has 0 radical (unpaired) electrons. The Labute approximate surface area is 120 Å². The van der Waals surface area contributed by atoms with Crippen LogP contribution in [0.2, 0.25) is 0 Å². The highest BCUT2D eigenvalue weighted by Crippen LogP contribution is 2.32. The molecule has 2 amide bonds. The van der Waals surface area contributed by atoms with Crippen LogP contribution in [0, 0.1) is 13.8 Å². The van der Waals surface area contributed by atoms with Crippen molar-refractivity contribution >= 4 is 28.2 Å². The van der Waals surface area contributed by atoms with Crippen LogP contribution in [0.4, 0.5) is 5.00 Å². The number of nitrogens with one attached hydrogen (secondary N) is 1. The van der Waals surface area contributed by atoms with Crippen molar-refractivity contribution < 1.29 is 9.59 Å². The van der Waals surface area contributed by atoms with Crippen molar-refractivity contribution in [3.8, 4) is 0 Å². The number of amides is 2. The highest BCUT2D eigenvalue weighted by molar-refractivity contribution is 7.16. The second-order valence-electron chi connectivity index (χ2n) is 4.36. The third kappa shape index (κ3) is 2.57. The Bertz CT molecular complexity index is 672. The van der Waals surface area contributed by atoms with Crippen molar-refractivity contribution in [2.75, 3.05) is 5.32 Å². The molecule has 20 heavy (non-hydrogen) atoms. The Morgan fingerprint density at radius 2 is 2.15 bits per heavy atom. The standard InChI is InChI=1S/C13H16N4O2S/c1-4-17-6-5-9(16-17)12(19)15-13-10(11(14)18)7(2)8(3)20-13/h5-6H,4H2,1-3H3,(H2,14,18)(H,15,19). The highest BCUT2D eigenvalue weighted by atomic mass is 32.1. The van der Waals surface area contributed by atoms with Crippen LogP contribution < -0.4 is 11.1 Å². The smallest absolute Gasteiger partial charge is 0.276 e. The molecule has 0 saturated heterocycles. The summed E-state index contributed by atoms with van der Waals surface area (Å²) in [6.45, 7) is 6.32. The monoisotopic (exact) mass is 292 g/mol. The number of thiophene rings is 1. The molecule has 2 heterocycles. The predicted octanol–water partition coefficient (Wildman–Crippen LogP) is 1.93. The molecule has 2 rings (SSSR count). The number of rotatable bonds is 4. The van der Waals surface area contributed by atoms with Crippen LogP contribution in [0.3, 0.4) is 0 Å². The van der Waals surface area contributed by atoms with E-state index in [1.807, 2.05) is 20.8 Å². The molecule has 7 heteroatoms. The van der Waals surface area contributed by atoms with E-state index in [2.05, 4.69) is 10.4 Å². The maximum absolute atomic E-state index is 12.1. The molecule has 3 N–H and O–H groups in total. The first-order valence-electron chi connectivity index (χ1n) is 6.18. The first-order chi connectivity index (χ1) is 9.43. The minimum atomic E-state index is -0.541. The molecule has 2 aromatic rings. The van der Waals surface area contributed by atoms with E-state index in [0.29, 0.717) is 22.8 Å². The lowest BCUT2D eigenvalue weighted by Crippen LogP contribution is -2.18. The summed E-state index contributed by atoms with van der Waals surface area (Å²) < 4.78 is 1.66. The fourth-order valence-electron chi connectivity index (χ4n) is 1.84. The predicted molar refractivity (Wildman–Crippen MR) is 78.2 cm³/mol. The Morgan fingerprint density at radius 3 is 2.70 bits per heavy atom. The lowest BCUT2D eigenvalue weighted by molar-refractivity contribution is 0.100. The second-order valence-corrected chi connectivity index (χ2v) is 5.59. The Balaban J connectivity index is 2.28. The lowest BCUT2D eigenvalue weighted by atomic mass is 10.1. The number of hydrogen-bond acceptors (Lipinski definition) is 4. The largest absolute Gasteiger partial charge is 0.365 e. The number of aromatic nitrogens is 2. The first kappa shape index (κ1) is 14.3. The summed E-state index contributed by atoms with van der Waals surface area (Å²) in [5, 5.41) is 7.31. The van der Waals surface area contributed by atoms with Gasteiger partial charge in [-0.05, 0) is 32.4 Å². The summed E-state index contributed by atoms with van der Waals surface area (Å²) in [5.74, 6) is -0.887. The average Bonchev–Trinajstić information content (AvgIpc) is 2.95. The molecular formula is C13H16N4O2S. The zero-order valence-corrected chi connectivity index (χ0v) is 12.4. The van der Waals surface area contributed by atoms with E-state index in [1.54, 1.807) is 16.9 Å². The highest BCUT2D eigenvalue weighted by Gasteiger charge is 2.20. The summed E-state index contributed by atoms with van der Waals surface area (Å²) in [4.78, 5) is 24.5. The quantitative estimate of drug-likeness (QED) is 0.902. The Morgan fingerprint density at radius 1 is 1.45 bits per heavy atom. The number of primary amides is 1. The van der Waals surface area contributed by atoms with Gasteiger partial charge in [0.05, 0.1) is 5.56 Å². The fraction of sp³-hybridized carbons (Fsp3) is 0.308. The molecule has 0 bridgehead atoms. The molecule has 0 aliphatic rings. The van der Waals surface area contributed by atoms with E-state index >= 15 is 0 Å². The lowest BCUT2D eigenvalue weighted by Gasteiger charge is -2.03. The fourth-order valence-corrected chi connectivity index (χ4v) is 2.90. The zero-order chi connectivity index (χ0) is 14.9. The van der Waals surface area contributed by atoms with E-state index in [1.165, 1.54) is 11.3 Å². The maximum Gasteiger partial charge on any atom is 0.276 e. The number of nitrogens with two attached hydrogens (primary N) is 1. The number of anilines is 1. The number of aryl methyl sites for hydroxylation is 2. The summed E-state index contributed by atoms with van der Waals surface area (Å²) >= 11 is 1.34. The number of carbonyl (C=O) groups is 2. The van der Waals surface area contributed by atoms with E-state index in [-0.39, 0.29) is 5.91 Å². The molecule has 0 spiro atoms. The van der Waals surface area contributed by atoms with Gasteiger partial charge in [0.2, 0.25) is 0 Å². The summed E-state index contributed by atoms with van der Waals surface area (Å²) in [6.07, 6.45) is 1.73. The van der Waals surface area contributed by atoms with Gasteiger partial charge in [0, 0.05) is 17.6 Å². The zero-order valence-electron chi connectivity index (χ0n) is 11.6. The number of nitrogens with zero attached hydrogens (tertiary/aromatic N) is 2. The Kier molecular flexibility index (Phi) is 3.89. The molecule has 0 aromatic carbocycles. The van der Waals surface area contributed by atoms with Crippen LogP contribution in [0.15, 0.2) is 12.3 Å². The van der Waals surface area contributed by atoms with Gasteiger partial charge in [-0.3, -0.25) is 14.3 Å². The van der Waals surface area contributed by atoms with Crippen molar-refractivity contribution in [3.05, 3.63) is 34.0 Å². The topological polar surface area (TPSA) is 90.0 Å². The molecule has 0 fully saturated rings. The van der Waals surface area contributed by atoms with Crippen LogP contribution in [-0.4, -0.2) is 21.6 Å². The van der Waals surface area contributed by atoms with Crippen LogP contribution in [0.5, 0.6) is 0 Å². The van der Waals surface area contributed by atoms with E-state index < -0.39 is 5.91 Å². The summed E-state index contributed by atoms with van der Waals surface area (Å²) in [5.41, 5.74) is 6.85. The van der Waals surface area contributed by atoms with Crippen molar-refractivity contribution in [1.29, 1.82) is 0 Å². The van der Waals surface area contributed by atoms with Gasteiger partial charge in [0.1, 0.15) is 5.00 Å². The van der Waals surface area contributed by atoms with Crippen molar-refractivity contribution in [1.82, 2.24) is 9.78 Å². The van der Waals surface area contributed by atoms with Gasteiger partial charge in [0.15, 0.2) is 5.69 Å². The molecule has 0 aliphatic heterocycles. The van der Waals surface area contributed by atoms with Gasteiger partial charge in [-0.25, -0.2) is 0 Å².